The summed E-state index contributed by atoms with van der Waals surface area (Å²) in [5.41, 5.74) is 1.13. The summed E-state index contributed by atoms with van der Waals surface area (Å²) in [6, 6.07) is 2.43. The highest BCUT2D eigenvalue weighted by molar-refractivity contribution is 5.06. The predicted molar refractivity (Wildman–Crippen MR) is 63.8 cm³/mol. The average Bonchev–Trinajstić information content (AvgIpc) is 2.64. The maximum Gasteiger partial charge on any atom is 0.103 e. The fourth-order valence-electron chi connectivity index (χ4n) is 2.59. The summed E-state index contributed by atoms with van der Waals surface area (Å²) >= 11 is 0. The van der Waals surface area contributed by atoms with Gasteiger partial charge in [0.15, 0.2) is 0 Å². The van der Waals surface area contributed by atoms with Crippen LogP contribution in [0.1, 0.15) is 32.4 Å². The standard InChI is InChI=1S/C12H19N5/c1-12(2)5-4-6-17(11(12)7-13)9-10-8-14-15-16(10)3/h8,11H,4-6,9H2,1-3H3/t11-/m0/s1. The molecule has 0 saturated carbocycles. The van der Waals surface area contributed by atoms with Crippen LogP contribution in [0.2, 0.25) is 0 Å². The van der Waals surface area contributed by atoms with Crippen molar-refractivity contribution in [2.45, 2.75) is 39.3 Å². The Balaban J connectivity index is 2.15. The Morgan fingerprint density at radius 1 is 1.59 bits per heavy atom. The van der Waals surface area contributed by atoms with E-state index < -0.39 is 0 Å². The SMILES string of the molecule is Cn1nncc1CN1CCCC(C)(C)[C@@H]1C#N. The van der Waals surface area contributed by atoms with Crippen molar-refractivity contribution in [3.05, 3.63) is 11.9 Å². The Labute approximate surface area is 102 Å². The van der Waals surface area contributed by atoms with Crippen molar-refractivity contribution in [1.82, 2.24) is 19.9 Å². The number of aryl methyl sites for hydroxylation is 1. The predicted octanol–water partition coefficient (Wildman–Crippen LogP) is 1.33. The second kappa shape index (κ2) is 4.46. The van der Waals surface area contributed by atoms with Gasteiger partial charge in [-0.25, -0.2) is 0 Å². The highest BCUT2D eigenvalue weighted by Gasteiger charge is 2.37. The van der Waals surface area contributed by atoms with Gasteiger partial charge in [0.25, 0.3) is 0 Å². The van der Waals surface area contributed by atoms with Crippen molar-refractivity contribution in [1.29, 1.82) is 5.26 Å². The van der Waals surface area contributed by atoms with E-state index in [1.807, 2.05) is 7.05 Å². The summed E-state index contributed by atoms with van der Waals surface area (Å²) in [5, 5.41) is 17.2. The van der Waals surface area contributed by atoms with Crippen LogP contribution in [0.4, 0.5) is 0 Å². The summed E-state index contributed by atoms with van der Waals surface area (Å²) in [6.45, 7) is 6.08. The van der Waals surface area contributed by atoms with Crippen LogP contribution < -0.4 is 0 Å². The second-order valence-electron chi connectivity index (χ2n) is 5.44. The summed E-state index contributed by atoms with van der Waals surface area (Å²) in [6.07, 6.45) is 4.04. The van der Waals surface area contributed by atoms with Gasteiger partial charge in [-0.15, -0.1) is 5.10 Å². The first-order chi connectivity index (χ1) is 8.04. The molecular weight excluding hydrogens is 214 g/mol. The van der Waals surface area contributed by atoms with Gasteiger partial charge in [-0.2, -0.15) is 5.26 Å². The number of hydrogen-bond acceptors (Lipinski definition) is 4. The van der Waals surface area contributed by atoms with Gasteiger partial charge in [-0.05, 0) is 24.8 Å². The van der Waals surface area contributed by atoms with Crippen molar-refractivity contribution < 1.29 is 0 Å². The molecule has 0 spiro atoms. The third-order valence-corrected chi connectivity index (χ3v) is 3.67. The molecule has 1 aromatic heterocycles. The van der Waals surface area contributed by atoms with Gasteiger partial charge in [0.1, 0.15) is 6.04 Å². The number of piperidine rings is 1. The molecule has 0 aromatic carbocycles. The molecule has 92 valence electrons. The summed E-state index contributed by atoms with van der Waals surface area (Å²) in [5.74, 6) is 0. The quantitative estimate of drug-likeness (QED) is 0.773. The first-order valence-corrected chi connectivity index (χ1v) is 6.02. The van der Waals surface area contributed by atoms with E-state index in [1.54, 1.807) is 10.9 Å². The van der Waals surface area contributed by atoms with Gasteiger partial charge in [-0.1, -0.05) is 19.1 Å². The maximum atomic E-state index is 9.37. The number of nitriles is 1. The Bertz CT molecular complexity index is 428. The van der Waals surface area contributed by atoms with Gasteiger partial charge < -0.3 is 0 Å². The van der Waals surface area contributed by atoms with Crippen molar-refractivity contribution in [3.8, 4) is 6.07 Å². The van der Waals surface area contributed by atoms with E-state index in [-0.39, 0.29) is 11.5 Å². The Hall–Kier alpha value is -1.41. The zero-order valence-corrected chi connectivity index (χ0v) is 10.7. The van der Waals surface area contributed by atoms with Gasteiger partial charge in [0, 0.05) is 13.6 Å². The average molecular weight is 233 g/mol. The Kier molecular flexibility index (Phi) is 3.16. The first-order valence-electron chi connectivity index (χ1n) is 6.02. The van der Waals surface area contributed by atoms with Crippen LogP contribution >= 0.6 is 0 Å². The zero-order valence-electron chi connectivity index (χ0n) is 10.7. The molecule has 1 aromatic rings. The van der Waals surface area contributed by atoms with Crippen molar-refractivity contribution in [2.24, 2.45) is 12.5 Å². The van der Waals surface area contributed by atoms with Gasteiger partial charge in [-0.3, -0.25) is 9.58 Å². The van der Waals surface area contributed by atoms with Gasteiger partial charge >= 0.3 is 0 Å². The molecule has 0 aliphatic carbocycles. The molecule has 5 heteroatoms. The van der Waals surface area contributed by atoms with Crippen LogP contribution in [0.5, 0.6) is 0 Å². The third kappa shape index (κ3) is 2.32. The molecule has 0 amide bonds. The third-order valence-electron chi connectivity index (χ3n) is 3.67. The van der Waals surface area contributed by atoms with Crippen LogP contribution in [0.15, 0.2) is 6.20 Å². The normalized spacial score (nSPS) is 24.5. The minimum Gasteiger partial charge on any atom is -0.282 e. The van der Waals surface area contributed by atoms with E-state index in [0.717, 1.165) is 31.6 Å². The van der Waals surface area contributed by atoms with Crippen molar-refractivity contribution in [3.63, 3.8) is 0 Å². The second-order valence-corrected chi connectivity index (χ2v) is 5.44. The maximum absolute atomic E-state index is 9.37. The highest BCUT2D eigenvalue weighted by Crippen LogP contribution is 2.35. The molecule has 1 saturated heterocycles. The monoisotopic (exact) mass is 233 g/mol. The molecule has 17 heavy (non-hydrogen) atoms. The van der Waals surface area contributed by atoms with E-state index in [0.29, 0.717) is 0 Å². The lowest BCUT2D eigenvalue weighted by atomic mass is 9.77. The minimum atomic E-state index is -0.0221. The van der Waals surface area contributed by atoms with Crippen LogP contribution in [-0.4, -0.2) is 32.5 Å². The summed E-state index contributed by atoms with van der Waals surface area (Å²) in [7, 11) is 1.89. The van der Waals surface area contributed by atoms with E-state index in [1.165, 1.54) is 0 Å². The zero-order chi connectivity index (χ0) is 12.5. The van der Waals surface area contributed by atoms with Crippen LogP contribution in [0.3, 0.4) is 0 Å². The van der Waals surface area contributed by atoms with Gasteiger partial charge in [0.2, 0.25) is 0 Å². The summed E-state index contributed by atoms with van der Waals surface area (Å²) in [4.78, 5) is 2.24. The van der Waals surface area contributed by atoms with E-state index in [2.05, 4.69) is 35.1 Å². The van der Waals surface area contributed by atoms with Crippen LogP contribution in [0, 0.1) is 16.7 Å². The largest absolute Gasteiger partial charge is 0.282 e. The molecule has 1 aliphatic heterocycles. The molecule has 0 bridgehead atoms. The molecule has 1 aliphatic rings. The smallest absolute Gasteiger partial charge is 0.103 e. The lowest BCUT2D eigenvalue weighted by Gasteiger charge is -2.42. The Morgan fingerprint density at radius 3 is 2.94 bits per heavy atom. The fourth-order valence-corrected chi connectivity index (χ4v) is 2.59. The Morgan fingerprint density at radius 2 is 2.35 bits per heavy atom. The van der Waals surface area contributed by atoms with E-state index in [4.69, 9.17) is 0 Å². The molecule has 0 unspecified atom stereocenters. The highest BCUT2D eigenvalue weighted by atomic mass is 15.4. The number of rotatable bonds is 2. The molecule has 2 rings (SSSR count). The molecule has 0 N–H and O–H groups in total. The van der Waals surface area contributed by atoms with Crippen molar-refractivity contribution >= 4 is 0 Å². The fraction of sp³-hybridized carbons (Fsp3) is 0.750. The van der Waals surface area contributed by atoms with E-state index in [9.17, 15) is 5.26 Å². The minimum absolute atomic E-state index is 0.0221. The summed E-state index contributed by atoms with van der Waals surface area (Å²) < 4.78 is 1.77. The van der Waals surface area contributed by atoms with E-state index >= 15 is 0 Å². The molecular formula is C12H19N5. The van der Waals surface area contributed by atoms with Crippen LogP contribution in [0.25, 0.3) is 0 Å². The molecule has 0 radical (unpaired) electrons. The molecule has 5 nitrogen and oxygen atoms in total. The lowest BCUT2D eigenvalue weighted by Crippen LogP contribution is -2.48. The molecule has 1 fully saturated rings. The molecule has 2 heterocycles. The molecule has 1 atom stereocenters. The van der Waals surface area contributed by atoms with Gasteiger partial charge in [0.05, 0.1) is 18.0 Å². The first kappa shape index (κ1) is 12.1. The lowest BCUT2D eigenvalue weighted by molar-refractivity contribution is 0.0643. The number of hydrogen-bond donors (Lipinski definition) is 0. The number of aromatic nitrogens is 3. The number of nitrogens with zero attached hydrogens (tertiary/aromatic N) is 5. The van der Waals surface area contributed by atoms with Crippen molar-refractivity contribution in [2.75, 3.05) is 6.54 Å². The number of likely N-dealkylation sites (tertiary alicyclic amines) is 1. The topological polar surface area (TPSA) is 57.7 Å². The van der Waals surface area contributed by atoms with Crippen LogP contribution in [-0.2, 0) is 13.6 Å².